The highest BCUT2D eigenvalue weighted by Gasteiger charge is 2.39. The summed E-state index contributed by atoms with van der Waals surface area (Å²) in [6, 6.07) is 6.41. The van der Waals surface area contributed by atoms with Crippen LogP contribution in [0.25, 0.3) is 0 Å². The fraction of sp³-hybridized carbons (Fsp3) is 0.625. The van der Waals surface area contributed by atoms with E-state index in [1.807, 2.05) is 0 Å². The minimum Gasteiger partial charge on any atom is -0.385 e. The van der Waals surface area contributed by atoms with Gasteiger partial charge in [-0.25, -0.2) is 0 Å². The molecule has 1 fully saturated rings. The van der Waals surface area contributed by atoms with Gasteiger partial charge in [-0.1, -0.05) is 32.0 Å². The molecule has 1 aromatic carbocycles. The Bertz CT molecular complexity index is 410. The molecule has 0 spiro atoms. The van der Waals surface area contributed by atoms with Crippen LogP contribution in [-0.2, 0) is 5.60 Å². The number of benzene rings is 1. The number of rotatable bonds is 1. The molecular weight excluding hydrogens is 208 g/mol. The maximum absolute atomic E-state index is 10.9. The second-order valence-corrected chi connectivity index (χ2v) is 6.00. The molecule has 0 radical (unpaired) electrons. The Morgan fingerprint density at radius 2 is 1.88 bits per heavy atom. The molecule has 94 valence electrons. The zero-order chi connectivity index (χ0) is 12.6. The van der Waals surface area contributed by atoms with E-state index < -0.39 is 5.60 Å². The van der Waals surface area contributed by atoms with Crippen molar-refractivity contribution in [2.24, 2.45) is 11.8 Å². The summed E-state index contributed by atoms with van der Waals surface area (Å²) in [4.78, 5) is 0. The molecule has 0 saturated heterocycles. The average molecular weight is 232 g/mol. The third-order valence-corrected chi connectivity index (χ3v) is 4.60. The monoisotopic (exact) mass is 232 g/mol. The van der Waals surface area contributed by atoms with Crippen LogP contribution in [0.4, 0.5) is 0 Å². The number of hydrogen-bond acceptors (Lipinski definition) is 1. The Balaban J connectivity index is 2.34. The number of aryl methyl sites for hydroxylation is 2. The second kappa shape index (κ2) is 4.45. The van der Waals surface area contributed by atoms with Gasteiger partial charge < -0.3 is 5.11 Å². The van der Waals surface area contributed by atoms with Crippen LogP contribution in [0.2, 0.25) is 0 Å². The van der Waals surface area contributed by atoms with E-state index in [-0.39, 0.29) is 0 Å². The van der Waals surface area contributed by atoms with E-state index >= 15 is 0 Å². The lowest BCUT2D eigenvalue weighted by Crippen LogP contribution is -2.38. The summed E-state index contributed by atoms with van der Waals surface area (Å²) in [6.45, 7) is 8.72. The van der Waals surface area contributed by atoms with Crippen LogP contribution in [0.3, 0.4) is 0 Å². The highest BCUT2D eigenvalue weighted by atomic mass is 16.3. The van der Waals surface area contributed by atoms with Crippen molar-refractivity contribution in [2.45, 2.75) is 52.6 Å². The smallest absolute Gasteiger partial charge is 0.0922 e. The van der Waals surface area contributed by atoms with Gasteiger partial charge in [0.25, 0.3) is 0 Å². The Morgan fingerprint density at radius 1 is 1.18 bits per heavy atom. The normalized spacial score (nSPS) is 33.7. The first kappa shape index (κ1) is 12.6. The molecule has 0 heterocycles. The molecule has 1 aliphatic rings. The van der Waals surface area contributed by atoms with Gasteiger partial charge in [-0.15, -0.1) is 0 Å². The summed E-state index contributed by atoms with van der Waals surface area (Å²) >= 11 is 0. The second-order valence-electron chi connectivity index (χ2n) is 6.00. The minimum atomic E-state index is -0.606. The van der Waals surface area contributed by atoms with Gasteiger partial charge in [0.2, 0.25) is 0 Å². The first-order valence-corrected chi connectivity index (χ1v) is 6.73. The summed E-state index contributed by atoms with van der Waals surface area (Å²) in [5.74, 6) is 1.10. The predicted octanol–water partition coefficient (Wildman–Crippen LogP) is 3.95. The van der Waals surface area contributed by atoms with Gasteiger partial charge >= 0.3 is 0 Å². The van der Waals surface area contributed by atoms with E-state index in [9.17, 15) is 5.11 Å². The molecule has 1 aliphatic carbocycles. The molecule has 0 aliphatic heterocycles. The molecule has 0 bridgehead atoms. The standard InChI is InChI=1S/C16H24O/c1-11-7-8-16(17,14(4)9-11)15-6-5-12(2)13(3)10-15/h5-6,10-11,14,17H,7-9H2,1-4H3. The average Bonchev–Trinajstić information content (AvgIpc) is 2.28. The van der Waals surface area contributed by atoms with Gasteiger partial charge in [0.15, 0.2) is 0 Å². The highest BCUT2D eigenvalue weighted by Crippen LogP contribution is 2.43. The van der Waals surface area contributed by atoms with E-state index in [1.54, 1.807) is 0 Å². The van der Waals surface area contributed by atoms with Crippen LogP contribution in [-0.4, -0.2) is 5.11 Å². The van der Waals surface area contributed by atoms with Gasteiger partial charge in [0.05, 0.1) is 5.60 Å². The summed E-state index contributed by atoms with van der Waals surface area (Å²) < 4.78 is 0. The Labute approximate surface area is 105 Å². The van der Waals surface area contributed by atoms with Crippen LogP contribution in [0.5, 0.6) is 0 Å². The van der Waals surface area contributed by atoms with Gasteiger partial charge in [-0.05, 0) is 61.6 Å². The molecule has 1 heteroatoms. The van der Waals surface area contributed by atoms with Gasteiger partial charge in [0, 0.05) is 0 Å². The van der Waals surface area contributed by atoms with E-state index in [1.165, 1.54) is 11.1 Å². The lowest BCUT2D eigenvalue weighted by Gasteiger charge is -2.41. The van der Waals surface area contributed by atoms with Crippen LogP contribution in [0.1, 0.15) is 49.8 Å². The fourth-order valence-electron chi connectivity index (χ4n) is 3.07. The molecular formula is C16H24O. The van der Waals surface area contributed by atoms with Crippen molar-refractivity contribution in [2.75, 3.05) is 0 Å². The molecule has 2 rings (SSSR count). The van der Waals surface area contributed by atoms with Gasteiger partial charge in [-0.2, -0.15) is 0 Å². The van der Waals surface area contributed by atoms with Crippen molar-refractivity contribution >= 4 is 0 Å². The first-order chi connectivity index (χ1) is 7.93. The molecule has 1 nitrogen and oxygen atoms in total. The van der Waals surface area contributed by atoms with Crippen molar-refractivity contribution in [1.29, 1.82) is 0 Å². The molecule has 1 N–H and O–H groups in total. The van der Waals surface area contributed by atoms with Crippen LogP contribution in [0, 0.1) is 25.7 Å². The molecule has 17 heavy (non-hydrogen) atoms. The summed E-state index contributed by atoms with van der Waals surface area (Å²) in [6.07, 6.45) is 3.16. The molecule has 3 unspecified atom stereocenters. The van der Waals surface area contributed by atoms with Crippen LogP contribution in [0.15, 0.2) is 18.2 Å². The van der Waals surface area contributed by atoms with Crippen molar-refractivity contribution in [3.8, 4) is 0 Å². The Morgan fingerprint density at radius 3 is 2.47 bits per heavy atom. The van der Waals surface area contributed by atoms with Gasteiger partial charge in [0.1, 0.15) is 0 Å². The third kappa shape index (κ3) is 2.26. The van der Waals surface area contributed by atoms with Crippen molar-refractivity contribution in [3.63, 3.8) is 0 Å². The van der Waals surface area contributed by atoms with Gasteiger partial charge in [-0.3, -0.25) is 0 Å². The van der Waals surface area contributed by atoms with Crippen molar-refractivity contribution in [3.05, 3.63) is 34.9 Å². The quantitative estimate of drug-likeness (QED) is 0.777. The maximum Gasteiger partial charge on any atom is 0.0922 e. The Hall–Kier alpha value is -0.820. The molecule has 0 amide bonds. The van der Waals surface area contributed by atoms with E-state index in [0.717, 1.165) is 30.7 Å². The SMILES string of the molecule is Cc1ccc(C2(O)CCC(C)CC2C)cc1C. The predicted molar refractivity (Wildman–Crippen MR) is 72.0 cm³/mol. The van der Waals surface area contributed by atoms with E-state index in [2.05, 4.69) is 45.9 Å². The van der Waals surface area contributed by atoms with Crippen molar-refractivity contribution < 1.29 is 5.11 Å². The highest BCUT2D eigenvalue weighted by molar-refractivity contribution is 5.34. The van der Waals surface area contributed by atoms with E-state index in [0.29, 0.717) is 5.92 Å². The van der Waals surface area contributed by atoms with E-state index in [4.69, 9.17) is 0 Å². The lowest BCUT2D eigenvalue weighted by atomic mass is 9.69. The summed E-state index contributed by atoms with van der Waals surface area (Å²) in [7, 11) is 0. The fourth-order valence-corrected chi connectivity index (χ4v) is 3.07. The number of aliphatic hydroxyl groups is 1. The molecule has 1 saturated carbocycles. The van der Waals surface area contributed by atoms with Crippen molar-refractivity contribution in [1.82, 2.24) is 0 Å². The zero-order valence-electron chi connectivity index (χ0n) is 11.5. The topological polar surface area (TPSA) is 20.2 Å². The lowest BCUT2D eigenvalue weighted by molar-refractivity contribution is -0.0588. The molecule has 0 aromatic heterocycles. The third-order valence-electron chi connectivity index (χ3n) is 4.60. The number of hydrogen-bond donors (Lipinski definition) is 1. The molecule has 3 atom stereocenters. The molecule has 1 aromatic rings. The zero-order valence-corrected chi connectivity index (χ0v) is 11.5. The van der Waals surface area contributed by atoms with Crippen LogP contribution < -0.4 is 0 Å². The first-order valence-electron chi connectivity index (χ1n) is 6.73. The largest absolute Gasteiger partial charge is 0.385 e. The Kier molecular flexibility index (Phi) is 3.31. The minimum absolute atomic E-state index is 0.355. The maximum atomic E-state index is 10.9. The summed E-state index contributed by atoms with van der Waals surface area (Å²) in [5.41, 5.74) is 3.08. The van der Waals surface area contributed by atoms with Crippen LogP contribution >= 0.6 is 0 Å². The summed E-state index contributed by atoms with van der Waals surface area (Å²) in [5, 5.41) is 10.9.